The van der Waals surface area contributed by atoms with Crippen molar-refractivity contribution in [2.24, 2.45) is 0 Å². The molecule has 3 heterocycles. The van der Waals surface area contributed by atoms with E-state index in [1.54, 1.807) is 0 Å². The fourth-order valence-corrected chi connectivity index (χ4v) is 4.64. The monoisotopic (exact) mass is 415 g/mol. The van der Waals surface area contributed by atoms with Crippen molar-refractivity contribution in [1.82, 2.24) is 10.3 Å². The Balaban J connectivity index is 1.38. The van der Waals surface area contributed by atoms with Crippen molar-refractivity contribution in [1.29, 1.82) is 0 Å². The summed E-state index contributed by atoms with van der Waals surface area (Å²) in [5.74, 6) is 2.48. The molecule has 1 aliphatic carbocycles. The Morgan fingerprint density at radius 3 is 2.71 bits per heavy atom. The molecule has 6 rings (SSSR count). The molecule has 6 heteroatoms. The fraction of sp³-hybridized carbons (Fsp3) is 0.360. The highest BCUT2D eigenvalue weighted by Crippen LogP contribution is 2.40. The van der Waals surface area contributed by atoms with Gasteiger partial charge in [0.25, 0.3) is 5.91 Å². The molecule has 31 heavy (non-hydrogen) atoms. The highest BCUT2D eigenvalue weighted by atomic mass is 16.6. The molecule has 2 fully saturated rings. The zero-order valence-corrected chi connectivity index (χ0v) is 17.3. The summed E-state index contributed by atoms with van der Waals surface area (Å²) < 4.78 is 11.5. The van der Waals surface area contributed by atoms with Crippen molar-refractivity contribution in [2.75, 3.05) is 24.7 Å². The predicted molar refractivity (Wildman–Crippen MR) is 119 cm³/mol. The molecule has 1 aromatic heterocycles. The SMILES string of the molecule is O=C(NC1CC1)c1cc(N2CCCC2c2ccc3c(c2)OCCO3)nc2ccccc12. The van der Waals surface area contributed by atoms with Crippen LogP contribution >= 0.6 is 0 Å². The lowest BCUT2D eigenvalue weighted by Gasteiger charge is -2.28. The van der Waals surface area contributed by atoms with Crippen LogP contribution in [0.15, 0.2) is 48.5 Å². The molecule has 1 unspecified atom stereocenters. The number of ether oxygens (including phenoxy) is 2. The van der Waals surface area contributed by atoms with Gasteiger partial charge in [-0.3, -0.25) is 4.79 Å². The first kappa shape index (κ1) is 18.5. The smallest absolute Gasteiger partial charge is 0.252 e. The normalized spacial score (nSPS) is 20.1. The summed E-state index contributed by atoms with van der Waals surface area (Å²) in [5.41, 5.74) is 2.76. The van der Waals surface area contributed by atoms with Crippen LogP contribution in [0.4, 0.5) is 5.82 Å². The second kappa shape index (κ2) is 7.45. The van der Waals surface area contributed by atoms with Gasteiger partial charge in [-0.25, -0.2) is 4.98 Å². The first-order valence-corrected chi connectivity index (χ1v) is 11.1. The van der Waals surface area contributed by atoms with E-state index in [0.29, 0.717) is 24.8 Å². The summed E-state index contributed by atoms with van der Waals surface area (Å²) in [6.45, 7) is 2.08. The number of anilines is 1. The van der Waals surface area contributed by atoms with Crippen molar-refractivity contribution < 1.29 is 14.3 Å². The Morgan fingerprint density at radius 2 is 1.84 bits per heavy atom. The Kier molecular flexibility index (Phi) is 4.44. The highest BCUT2D eigenvalue weighted by Gasteiger charge is 2.30. The maximum atomic E-state index is 13.0. The molecule has 1 N–H and O–H groups in total. The molecule has 3 aromatic rings. The highest BCUT2D eigenvalue weighted by molar-refractivity contribution is 6.07. The number of aromatic nitrogens is 1. The standard InChI is InChI=1S/C25H25N3O3/c29-25(26-17-8-9-17)19-15-24(27-20-5-2-1-4-18(19)20)28-11-3-6-21(28)16-7-10-22-23(14-16)31-13-12-30-22/h1-2,4-5,7,10,14-15,17,21H,3,6,8-9,11-13H2,(H,26,29). The summed E-state index contributed by atoms with van der Waals surface area (Å²) in [4.78, 5) is 20.3. The van der Waals surface area contributed by atoms with E-state index in [2.05, 4.69) is 22.3 Å². The van der Waals surface area contributed by atoms with Gasteiger partial charge in [0, 0.05) is 18.0 Å². The van der Waals surface area contributed by atoms with E-state index in [1.807, 2.05) is 36.4 Å². The van der Waals surface area contributed by atoms with Gasteiger partial charge >= 0.3 is 0 Å². The molecule has 6 nitrogen and oxygen atoms in total. The predicted octanol–water partition coefficient (Wildman–Crippen LogP) is 4.24. The molecule has 2 aliphatic heterocycles. The molecule has 0 bridgehead atoms. The van der Waals surface area contributed by atoms with E-state index >= 15 is 0 Å². The first-order valence-electron chi connectivity index (χ1n) is 11.1. The van der Waals surface area contributed by atoms with E-state index in [-0.39, 0.29) is 11.9 Å². The Morgan fingerprint density at radius 1 is 1.00 bits per heavy atom. The minimum atomic E-state index is -0.00238. The summed E-state index contributed by atoms with van der Waals surface area (Å²) in [6.07, 6.45) is 4.26. The van der Waals surface area contributed by atoms with Gasteiger partial charge < -0.3 is 19.7 Å². The average molecular weight is 415 g/mol. The number of carbonyl (C=O) groups excluding carboxylic acids is 1. The van der Waals surface area contributed by atoms with Crippen LogP contribution < -0.4 is 19.7 Å². The van der Waals surface area contributed by atoms with Crippen molar-refractivity contribution in [3.63, 3.8) is 0 Å². The van der Waals surface area contributed by atoms with Gasteiger partial charge in [-0.15, -0.1) is 0 Å². The van der Waals surface area contributed by atoms with Crippen LogP contribution in [0.3, 0.4) is 0 Å². The number of rotatable bonds is 4. The van der Waals surface area contributed by atoms with Crippen LogP contribution in [0, 0.1) is 0 Å². The largest absolute Gasteiger partial charge is 0.486 e. The summed E-state index contributed by atoms with van der Waals surface area (Å²) in [6, 6.07) is 16.6. The zero-order valence-electron chi connectivity index (χ0n) is 17.3. The van der Waals surface area contributed by atoms with Gasteiger partial charge in [-0.1, -0.05) is 24.3 Å². The van der Waals surface area contributed by atoms with E-state index in [0.717, 1.165) is 60.4 Å². The quantitative estimate of drug-likeness (QED) is 0.691. The third-order valence-electron chi connectivity index (χ3n) is 6.36. The number of carbonyl (C=O) groups is 1. The first-order chi connectivity index (χ1) is 15.3. The molecule has 158 valence electrons. The molecule has 1 saturated heterocycles. The summed E-state index contributed by atoms with van der Waals surface area (Å²) >= 11 is 0. The van der Waals surface area contributed by atoms with E-state index in [9.17, 15) is 4.79 Å². The fourth-order valence-electron chi connectivity index (χ4n) is 4.64. The minimum Gasteiger partial charge on any atom is -0.486 e. The van der Waals surface area contributed by atoms with E-state index in [4.69, 9.17) is 14.5 Å². The lowest BCUT2D eigenvalue weighted by molar-refractivity contribution is 0.0952. The van der Waals surface area contributed by atoms with Crippen LogP contribution in [0.5, 0.6) is 11.5 Å². The number of para-hydroxylation sites is 1. The molecule has 1 atom stereocenters. The Hall–Kier alpha value is -3.28. The van der Waals surface area contributed by atoms with Gasteiger partial charge in [-0.05, 0) is 55.5 Å². The molecule has 1 amide bonds. The van der Waals surface area contributed by atoms with Crippen LogP contribution in [-0.2, 0) is 0 Å². The molecule has 0 radical (unpaired) electrons. The summed E-state index contributed by atoms with van der Waals surface area (Å²) in [7, 11) is 0. The third kappa shape index (κ3) is 3.46. The number of hydrogen-bond donors (Lipinski definition) is 1. The summed E-state index contributed by atoms with van der Waals surface area (Å²) in [5, 5.41) is 4.04. The topological polar surface area (TPSA) is 63.7 Å². The maximum Gasteiger partial charge on any atom is 0.252 e. The van der Waals surface area contributed by atoms with Crippen molar-refractivity contribution in [2.45, 2.75) is 37.8 Å². The lowest BCUT2D eigenvalue weighted by atomic mass is 10.0. The van der Waals surface area contributed by atoms with Crippen LogP contribution in [0.2, 0.25) is 0 Å². The number of nitrogens with one attached hydrogen (secondary N) is 1. The number of fused-ring (bicyclic) bond motifs is 2. The number of hydrogen-bond acceptors (Lipinski definition) is 5. The molecule has 0 spiro atoms. The molecular formula is C25H25N3O3. The second-order valence-corrected chi connectivity index (χ2v) is 8.55. The maximum absolute atomic E-state index is 13.0. The van der Waals surface area contributed by atoms with Gasteiger partial charge in [0.15, 0.2) is 11.5 Å². The van der Waals surface area contributed by atoms with E-state index in [1.165, 1.54) is 5.56 Å². The van der Waals surface area contributed by atoms with Crippen LogP contribution in [0.25, 0.3) is 10.9 Å². The zero-order chi connectivity index (χ0) is 20.8. The molecular weight excluding hydrogens is 390 g/mol. The van der Waals surface area contributed by atoms with Gasteiger partial charge in [0.05, 0.1) is 17.1 Å². The molecule has 1 saturated carbocycles. The number of nitrogens with zero attached hydrogens (tertiary/aromatic N) is 2. The molecule has 2 aromatic carbocycles. The average Bonchev–Trinajstić information content (AvgIpc) is 3.49. The van der Waals surface area contributed by atoms with Crippen LogP contribution in [0.1, 0.15) is 47.6 Å². The van der Waals surface area contributed by atoms with Crippen molar-refractivity contribution in [3.8, 4) is 11.5 Å². The van der Waals surface area contributed by atoms with Crippen molar-refractivity contribution in [3.05, 3.63) is 59.7 Å². The Labute approximate surface area is 181 Å². The Bertz CT molecular complexity index is 1160. The van der Waals surface area contributed by atoms with Gasteiger partial charge in [-0.2, -0.15) is 0 Å². The van der Waals surface area contributed by atoms with Gasteiger partial charge in [0.2, 0.25) is 0 Å². The van der Waals surface area contributed by atoms with Gasteiger partial charge in [0.1, 0.15) is 19.0 Å². The number of pyridine rings is 1. The number of benzene rings is 2. The van der Waals surface area contributed by atoms with E-state index < -0.39 is 0 Å². The lowest BCUT2D eigenvalue weighted by Crippen LogP contribution is -2.27. The second-order valence-electron chi connectivity index (χ2n) is 8.55. The third-order valence-corrected chi connectivity index (χ3v) is 6.36. The minimum absolute atomic E-state index is 0.00238. The van der Waals surface area contributed by atoms with Crippen molar-refractivity contribution >= 4 is 22.6 Å². The number of amides is 1. The van der Waals surface area contributed by atoms with Crippen LogP contribution in [-0.4, -0.2) is 36.7 Å². The molecule has 3 aliphatic rings.